The van der Waals surface area contributed by atoms with Gasteiger partial charge in [0.15, 0.2) is 0 Å². The van der Waals surface area contributed by atoms with Gasteiger partial charge in [0.05, 0.1) is 19.3 Å². The van der Waals surface area contributed by atoms with Crippen LogP contribution in [0.2, 0.25) is 0 Å². The fourth-order valence-electron chi connectivity index (χ4n) is 9.13. The lowest BCUT2D eigenvalue weighted by Gasteiger charge is -2.58. The predicted molar refractivity (Wildman–Crippen MR) is 139 cm³/mol. The fraction of sp³-hybridized carbons (Fsp3) is 0.871. The van der Waals surface area contributed by atoms with Gasteiger partial charge in [-0.3, -0.25) is 0 Å². The van der Waals surface area contributed by atoms with Crippen molar-refractivity contribution in [2.24, 2.45) is 46.3 Å². The van der Waals surface area contributed by atoms with E-state index in [4.69, 9.17) is 9.84 Å². The molecule has 2 nitrogen and oxygen atoms in total. The van der Waals surface area contributed by atoms with Crippen LogP contribution >= 0.6 is 0 Å². The molecule has 0 aromatic heterocycles. The average Bonchev–Trinajstić information content (AvgIpc) is 3.14. The van der Waals surface area contributed by atoms with Crippen molar-refractivity contribution >= 4 is 0 Å². The molecule has 4 aliphatic carbocycles. The first-order valence-electron chi connectivity index (χ1n) is 14.4. The quantitative estimate of drug-likeness (QED) is 0.357. The van der Waals surface area contributed by atoms with Gasteiger partial charge in [0.2, 0.25) is 0 Å². The van der Waals surface area contributed by atoms with Crippen LogP contribution in [0, 0.1) is 46.3 Å². The Balaban J connectivity index is 1.41. The summed E-state index contributed by atoms with van der Waals surface area (Å²) in [6, 6.07) is 0. The van der Waals surface area contributed by atoms with E-state index in [2.05, 4.69) is 40.7 Å². The van der Waals surface area contributed by atoms with E-state index in [-0.39, 0.29) is 6.61 Å². The minimum Gasteiger partial charge on any atom is -0.392 e. The summed E-state index contributed by atoms with van der Waals surface area (Å²) in [5.74, 6) is 5.44. The lowest BCUT2D eigenvalue weighted by Crippen LogP contribution is -2.51. The minimum absolute atomic E-state index is 0.109. The van der Waals surface area contributed by atoms with Crippen LogP contribution in [-0.4, -0.2) is 24.4 Å². The second kappa shape index (κ2) is 10.6. The molecule has 1 N–H and O–H groups in total. The second-order valence-corrected chi connectivity index (χ2v) is 13.1. The minimum atomic E-state index is 0.109. The first-order chi connectivity index (χ1) is 15.8. The molecule has 8 atom stereocenters. The van der Waals surface area contributed by atoms with Crippen LogP contribution in [-0.2, 0) is 4.74 Å². The zero-order valence-corrected chi connectivity index (χ0v) is 22.3. The largest absolute Gasteiger partial charge is 0.392 e. The van der Waals surface area contributed by atoms with E-state index in [1.165, 1.54) is 64.2 Å². The van der Waals surface area contributed by atoms with Crippen LogP contribution in [0.3, 0.4) is 0 Å². The number of aliphatic hydroxyl groups is 1. The molecule has 3 saturated carbocycles. The van der Waals surface area contributed by atoms with Crippen LogP contribution in [0.4, 0.5) is 0 Å². The Bertz CT molecular complexity index is 708. The maximum atomic E-state index is 8.94. The highest BCUT2D eigenvalue weighted by atomic mass is 16.5. The van der Waals surface area contributed by atoms with E-state index in [9.17, 15) is 0 Å². The van der Waals surface area contributed by atoms with E-state index < -0.39 is 0 Å². The van der Waals surface area contributed by atoms with Gasteiger partial charge in [0.1, 0.15) is 0 Å². The van der Waals surface area contributed by atoms with Crippen LogP contribution in [0.25, 0.3) is 0 Å². The number of hydrogen-bond donors (Lipinski definition) is 1. The summed E-state index contributed by atoms with van der Waals surface area (Å²) in [6.45, 7) is 13.4. The first kappa shape index (κ1) is 25.5. The Kier molecular flexibility index (Phi) is 8.16. The van der Waals surface area contributed by atoms with Crippen molar-refractivity contribution in [1.82, 2.24) is 0 Å². The first-order valence-corrected chi connectivity index (χ1v) is 14.4. The Morgan fingerprint density at radius 3 is 2.61 bits per heavy atom. The Labute approximate surface area is 204 Å². The Morgan fingerprint density at radius 2 is 1.85 bits per heavy atom. The molecule has 4 rings (SSSR count). The lowest BCUT2D eigenvalue weighted by atomic mass is 9.47. The maximum absolute atomic E-state index is 8.94. The van der Waals surface area contributed by atoms with Gasteiger partial charge in [0.25, 0.3) is 0 Å². The molecule has 4 aliphatic rings. The molecule has 5 unspecified atom stereocenters. The van der Waals surface area contributed by atoms with Gasteiger partial charge in [0, 0.05) is 0 Å². The summed E-state index contributed by atoms with van der Waals surface area (Å²) in [5.41, 5.74) is 2.71. The van der Waals surface area contributed by atoms with E-state index >= 15 is 0 Å². The van der Waals surface area contributed by atoms with E-state index in [1.807, 2.05) is 6.08 Å². The number of allylic oxidation sites excluding steroid dienone is 1. The standard InChI is InChI=1S/C31H52O2/c1-22(2)9-8-10-23(3)27-13-14-28-26-12-11-24-21-25(33-20-7-6-19-32)15-17-30(24,4)29(26)16-18-31(27,28)5/h6-7,11,22-23,25-29,32H,8-10,12-21H2,1-5H3/b7-6+/t23?,25?,26?,27-,28?,29?,30+,31-/m1/s1. The van der Waals surface area contributed by atoms with E-state index in [1.54, 1.807) is 11.6 Å². The highest BCUT2D eigenvalue weighted by Crippen LogP contribution is 2.67. The third-order valence-corrected chi connectivity index (χ3v) is 11.0. The summed E-state index contributed by atoms with van der Waals surface area (Å²) in [7, 11) is 0. The fourth-order valence-corrected chi connectivity index (χ4v) is 9.13. The van der Waals surface area contributed by atoms with Crippen molar-refractivity contribution in [1.29, 1.82) is 0 Å². The van der Waals surface area contributed by atoms with Crippen molar-refractivity contribution in [3.63, 3.8) is 0 Å². The molecule has 33 heavy (non-hydrogen) atoms. The predicted octanol–water partition coefficient (Wildman–Crippen LogP) is 7.96. The van der Waals surface area contributed by atoms with Crippen LogP contribution in [0.5, 0.6) is 0 Å². The second-order valence-electron chi connectivity index (χ2n) is 13.1. The summed E-state index contributed by atoms with van der Waals surface area (Å²) in [5, 5.41) is 8.94. The van der Waals surface area contributed by atoms with Crippen molar-refractivity contribution in [3.05, 3.63) is 23.8 Å². The normalized spacial score (nSPS) is 41.5. The van der Waals surface area contributed by atoms with Gasteiger partial charge in [-0.15, -0.1) is 0 Å². The monoisotopic (exact) mass is 456 g/mol. The van der Waals surface area contributed by atoms with E-state index in [0.29, 0.717) is 23.5 Å². The molecule has 0 heterocycles. The molecule has 0 saturated heterocycles. The smallest absolute Gasteiger partial charge is 0.0652 e. The Morgan fingerprint density at radius 1 is 1.03 bits per heavy atom. The molecule has 0 radical (unpaired) electrons. The summed E-state index contributed by atoms with van der Waals surface area (Å²) < 4.78 is 6.15. The molecule has 188 valence electrons. The van der Waals surface area contributed by atoms with Crippen molar-refractivity contribution in [2.45, 2.75) is 111 Å². The van der Waals surface area contributed by atoms with Crippen LogP contribution in [0.15, 0.2) is 23.8 Å². The highest BCUT2D eigenvalue weighted by molar-refractivity contribution is 5.25. The number of fused-ring (bicyclic) bond motifs is 5. The van der Waals surface area contributed by atoms with Gasteiger partial charge >= 0.3 is 0 Å². The maximum Gasteiger partial charge on any atom is 0.0652 e. The Hall–Kier alpha value is -0.600. The number of ether oxygens (including phenoxy) is 1. The molecule has 0 amide bonds. The number of aliphatic hydroxyl groups excluding tert-OH is 1. The van der Waals surface area contributed by atoms with Crippen LogP contribution < -0.4 is 0 Å². The van der Waals surface area contributed by atoms with Gasteiger partial charge in [-0.25, -0.2) is 0 Å². The molecular formula is C31H52O2. The molecule has 0 bridgehead atoms. The molecule has 0 aromatic carbocycles. The molecular weight excluding hydrogens is 404 g/mol. The van der Waals surface area contributed by atoms with Gasteiger partial charge in [-0.1, -0.05) is 77.7 Å². The third kappa shape index (κ3) is 5.04. The van der Waals surface area contributed by atoms with Crippen LogP contribution in [0.1, 0.15) is 105 Å². The van der Waals surface area contributed by atoms with E-state index in [0.717, 1.165) is 41.9 Å². The summed E-state index contributed by atoms with van der Waals surface area (Å²) in [6.07, 6.45) is 21.9. The van der Waals surface area contributed by atoms with Gasteiger partial charge in [-0.2, -0.15) is 0 Å². The molecule has 3 fully saturated rings. The molecule has 0 spiro atoms. The topological polar surface area (TPSA) is 29.5 Å². The van der Waals surface area contributed by atoms with Crippen molar-refractivity contribution < 1.29 is 9.84 Å². The molecule has 0 aliphatic heterocycles. The number of hydrogen-bond acceptors (Lipinski definition) is 2. The zero-order chi connectivity index (χ0) is 23.6. The zero-order valence-electron chi connectivity index (χ0n) is 22.3. The third-order valence-electron chi connectivity index (χ3n) is 11.0. The van der Waals surface area contributed by atoms with Crippen molar-refractivity contribution in [3.8, 4) is 0 Å². The highest BCUT2D eigenvalue weighted by Gasteiger charge is 2.59. The SMILES string of the molecule is CC(C)CCCC(C)[C@H]1CCC2C3CC=C4CC(OC/C=C/CO)CC[C@]4(C)C3CC[C@@]21C. The average molecular weight is 457 g/mol. The number of rotatable bonds is 9. The molecule has 0 aromatic rings. The summed E-state index contributed by atoms with van der Waals surface area (Å²) in [4.78, 5) is 0. The molecule has 2 heteroatoms. The van der Waals surface area contributed by atoms with Gasteiger partial charge in [-0.05, 0) is 97.7 Å². The lowest BCUT2D eigenvalue weighted by molar-refractivity contribution is -0.0621. The van der Waals surface area contributed by atoms with Gasteiger partial charge < -0.3 is 9.84 Å². The summed E-state index contributed by atoms with van der Waals surface area (Å²) >= 11 is 0. The van der Waals surface area contributed by atoms with Crippen molar-refractivity contribution in [2.75, 3.05) is 13.2 Å².